The van der Waals surface area contributed by atoms with Crippen molar-refractivity contribution >= 4 is 28.3 Å². The van der Waals surface area contributed by atoms with Gasteiger partial charge in [0, 0.05) is 11.3 Å². The molecule has 4 aromatic rings. The number of fused-ring (bicyclic) bond motifs is 3. The molecule has 3 aromatic heterocycles. The first-order valence-corrected chi connectivity index (χ1v) is 7.62. The summed E-state index contributed by atoms with van der Waals surface area (Å²) in [5, 5.41) is 7.32. The minimum absolute atomic E-state index is 0.104. The second-order valence-electron chi connectivity index (χ2n) is 5.83. The quantitative estimate of drug-likeness (QED) is 0.626. The standard InChI is InChI=1S/C17H15N5O2/c1-10(2)16-20-17(21-24-16)19-15(23)13-7-11-8-18-9-22(11)14-6-4-3-5-12(13)14/h3-10H,1-2H3,(H,19,21,23). The number of pyridine rings is 1. The molecule has 0 saturated heterocycles. The molecule has 0 radical (unpaired) electrons. The SMILES string of the molecule is CC(C)c1nc(NC(=O)c2cc3cncn3c3ccccc23)no1. The lowest BCUT2D eigenvalue weighted by Gasteiger charge is -2.08. The van der Waals surface area contributed by atoms with Crippen LogP contribution in [0.1, 0.15) is 36.0 Å². The first-order chi connectivity index (χ1) is 11.6. The molecule has 1 N–H and O–H groups in total. The predicted octanol–water partition coefficient (Wildman–Crippen LogP) is 3.25. The van der Waals surface area contributed by atoms with E-state index in [-0.39, 0.29) is 17.8 Å². The van der Waals surface area contributed by atoms with E-state index in [4.69, 9.17) is 4.52 Å². The van der Waals surface area contributed by atoms with E-state index in [2.05, 4.69) is 20.4 Å². The minimum atomic E-state index is -0.286. The lowest BCUT2D eigenvalue weighted by atomic mass is 10.1. The number of anilines is 1. The maximum absolute atomic E-state index is 12.7. The number of rotatable bonds is 3. The van der Waals surface area contributed by atoms with E-state index in [0.717, 1.165) is 16.4 Å². The second kappa shape index (κ2) is 5.45. The maximum Gasteiger partial charge on any atom is 0.270 e. The lowest BCUT2D eigenvalue weighted by molar-refractivity contribution is 0.102. The minimum Gasteiger partial charge on any atom is -0.337 e. The third kappa shape index (κ3) is 2.30. The molecular formula is C17H15N5O2. The van der Waals surface area contributed by atoms with Gasteiger partial charge in [-0.2, -0.15) is 4.98 Å². The van der Waals surface area contributed by atoms with Crippen molar-refractivity contribution in [2.45, 2.75) is 19.8 Å². The monoisotopic (exact) mass is 321 g/mol. The molecule has 0 aliphatic heterocycles. The van der Waals surface area contributed by atoms with Gasteiger partial charge in [0.2, 0.25) is 5.89 Å². The van der Waals surface area contributed by atoms with Gasteiger partial charge in [-0.25, -0.2) is 4.98 Å². The zero-order valence-electron chi connectivity index (χ0n) is 13.2. The zero-order chi connectivity index (χ0) is 16.7. The van der Waals surface area contributed by atoms with Crippen molar-refractivity contribution in [2.24, 2.45) is 0 Å². The van der Waals surface area contributed by atoms with Crippen molar-refractivity contribution in [1.82, 2.24) is 19.5 Å². The van der Waals surface area contributed by atoms with Crippen LogP contribution in [-0.4, -0.2) is 25.4 Å². The van der Waals surface area contributed by atoms with Gasteiger partial charge in [0.25, 0.3) is 11.9 Å². The van der Waals surface area contributed by atoms with E-state index in [1.165, 1.54) is 0 Å². The van der Waals surface area contributed by atoms with Crippen LogP contribution in [0.4, 0.5) is 5.95 Å². The fraction of sp³-hybridized carbons (Fsp3) is 0.176. The number of benzene rings is 1. The first-order valence-electron chi connectivity index (χ1n) is 7.62. The van der Waals surface area contributed by atoms with E-state index < -0.39 is 0 Å². The molecule has 4 rings (SSSR count). The molecule has 0 fully saturated rings. The van der Waals surface area contributed by atoms with Crippen LogP contribution < -0.4 is 5.32 Å². The van der Waals surface area contributed by atoms with Crippen molar-refractivity contribution in [3.63, 3.8) is 0 Å². The molecule has 0 saturated carbocycles. The van der Waals surface area contributed by atoms with E-state index in [9.17, 15) is 4.79 Å². The van der Waals surface area contributed by atoms with Crippen LogP contribution in [-0.2, 0) is 0 Å². The molecular weight excluding hydrogens is 306 g/mol. The molecule has 7 heteroatoms. The van der Waals surface area contributed by atoms with Crippen LogP contribution in [0.3, 0.4) is 0 Å². The van der Waals surface area contributed by atoms with Gasteiger partial charge in [0.05, 0.1) is 29.1 Å². The van der Waals surface area contributed by atoms with Crippen LogP contribution >= 0.6 is 0 Å². The summed E-state index contributed by atoms with van der Waals surface area (Å²) in [5.41, 5.74) is 2.29. The fourth-order valence-corrected chi connectivity index (χ4v) is 2.63. The number of hydrogen-bond acceptors (Lipinski definition) is 5. The fourth-order valence-electron chi connectivity index (χ4n) is 2.63. The van der Waals surface area contributed by atoms with Gasteiger partial charge in [0.1, 0.15) is 0 Å². The molecule has 24 heavy (non-hydrogen) atoms. The number of aromatic nitrogens is 4. The van der Waals surface area contributed by atoms with Crippen molar-refractivity contribution in [2.75, 3.05) is 5.32 Å². The molecule has 0 atom stereocenters. The van der Waals surface area contributed by atoms with Crippen LogP contribution in [0.5, 0.6) is 0 Å². The summed E-state index contributed by atoms with van der Waals surface area (Å²) >= 11 is 0. The summed E-state index contributed by atoms with van der Waals surface area (Å²) in [5.74, 6) is 0.473. The van der Waals surface area contributed by atoms with Gasteiger partial charge < -0.3 is 4.52 Å². The van der Waals surface area contributed by atoms with Gasteiger partial charge in [-0.05, 0) is 17.3 Å². The Morgan fingerprint density at radius 3 is 2.92 bits per heavy atom. The Morgan fingerprint density at radius 1 is 1.29 bits per heavy atom. The average molecular weight is 321 g/mol. The van der Waals surface area contributed by atoms with Crippen molar-refractivity contribution in [1.29, 1.82) is 0 Å². The van der Waals surface area contributed by atoms with Gasteiger partial charge in [-0.15, -0.1) is 0 Å². The maximum atomic E-state index is 12.7. The van der Waals surface area contributed by atoms with Crippen LogP contribution in [0, 0.1) is 0 Å². The Balaban J connectivity index is 1.77. The molecule has 0 aliphatic rings. The van der Waals surface area contributed by atoms with Crippen molar-refractivity contribution < 1.29 is 9.32 Å². The van der Waals surface area contributed by atoms with Crippen molar-refractivity contribution in [3.05, 3.63) is 54.3 Å². The number of hydrogen-bond donors (Lipinski definition) is 1. The average Bonchev–Trinajstić information content (AvgIpc) is 3.23. The summed E-state index contributed by atoms with van der Waals surface area (Å²) < 4.78 is 7.06. The number of imidazole rings is 1. The Hall–Kier alpha value is -3.22. The predicted molar refractivity (Wildman–Crippen MR) is 89.0 cm³/mol. The summed E-state index contributed by atoms with van der Waals surface area (Å²) in [6.07, 6.45) is 3.45. The third-order valence-electron chi connectivity index (χ3n) is 3.82. The topological polar surface area (TPSA) is 85.3 Å². The normalized spacial score (nSPS) is 11.5. The number of para-hydroxylation sites is 1. The molecule has 3 heterocycles. The molecule has 120 valence electrons. The molecule has 1 aromatic carbocycles. The van der Waals surface area contributed by atoms with E-state index in [0.29, 0.717) is 11.5 Å². The Labute approximate surface area is 137 Å². The third-order valence-corrected chi connectivity index (χ3v) is 3.82. The molecule has 0 spiro atoms. The number of carbonyl (C=O) groups is 1. The number of nitrogens with one attached hydrogen (secondary N) is 1. The highest BCUT2D eigenvalue weighted by Gasteiger charge is 2.17. The Bertz CT molecular complexity index is 1050. The number of nitrogens with zero attached hydrogens (tertiary/aromatic N) is 4. The molecule has 0 aliphatic carbocycles. The molecule has 1 amide bonds. The summed E-state index contributed by atoms with van der Waals surface area (Å²) in [7, 11) is 0. The second-order valence-corrected chi connectivity index (χ2v) is 5.83. The van der Waals surface area contributed by atoms with E-state index in [1.54, 1.807) is 18.6 Å². The highest BCUT2D eigenvalue weighted by molar-refractivity contribution is 6.12. The molecule has 0 unspecified atom stereocenters. The summed E-state index contributed by atoms with van der Waals surface area (Å²) in [4.78, 5) is 21.0. The van der Waals surface area contributed by atoms with Gasteiger partial charge >= 0.3 is 0 Å². The zero-order valence-corrected chi connectivity index (χ0v) is 13.2. The Kier molecular flexibility index (Phi) is 3.26. The van der Waals surface area contributed by atoms with Crippen LogP contribution in [0.25, 0.3) is 16.4 Å². The van der Waals surface area contributed by atoms with Crippen molar-refractivity contribution in [3.8, 4) is 0 Å². The number of carbonyl (C=O) groups excluding carboxylic acids is 1. The Morgan fingerprint density at radius 2 is 2.12 bits per heavy atom. The largest absolute Gasteiger partial charge is 0.337 e. The summed E-state index contributed by atoms with van der Waals surface area (Å²) in [6, 6.07) is 9.48. The molecule has 7 nitrogen and oxygen atoms in total. The highest BCUT2D eigenvalue weighted by atomic mass is 16.5. The molecule has 0 bridgehead atoms. The van der Waals surface area contributed by atoms with Gasteiger partial charge in [-0.3, -0.25) is 14.5 Å². The van der Waals surface area contributed by atoms with Crippen LogP contribution in [0.15, 0.2) is 47.4 Å². The lowest BCUT2D eigenvalue weighted by Crippen LogP contribution is -2.14. The number of amides is 1. The van der Waals surface area contributed by atoms with Crippen LogP contribution in [0.2, 0.25) is 0 Å². The smallest absolute Gasteiger partial charge is 0.270 e. The first kappa shape index (κ1) is 14.4. The van der Waals surface area contributed by atoms with E-state index in [1.807, 2.05) is 42.5 Å². The van der Waals surface area contributed by atoms with Gasteiger partial charge in [0.15, 0.2) is 0 Å². The summed E-state index contributed by atoms with van der Waals surface area (Å²) in [6.45, 7) is 3.89. The highest BCUT2D eigenvalue weighted by Crippen LogP contribution is 2.23. The van der Waals surface area contributed by atoms with Gasteiger partial charge in [-0.1, -0.05) is 32.0 Å². The van der Waals surface area contributed by atoms with E-state index >= 15 is 0 Å².